The first kappa shape index (κ1) is 16.5. The molecule has 0 saturated carbocycles. The Morgan fingerprint density at radius 2 is 1.91 bits per heavy atom. The van der Waals surface area contributed by atoms with Crippen molar-refractivity contribution in [2.75, 3.05) is 18.8 Å². The molecule has 3 rings (SSSR count). The highest BCUT2D eigenvalue weighted by molar-refractivity contribution is 7.91. The van der Waals surface area contributed by atoms with Gasteiger partial charge in [0.1, 0.15) is 5.75 Å². The second-order valence-electron chi connectivity index (χ2n) is 7.05. The number of likely N-dealkylation sites (tertiary alicyclic amines) is 1. The van der Waals surface area contributed by atoms with E-state index in [0.717, 1.165) is 23.9 Å². The summed E-state index contributed by atoms with van der Waals surface area (Å²) in [6.45, 7) is 6.53. The van der Waals surface area contributed by atoms with E-state index in [0.29, 0.717) is 10.8 Å². The van der Waals surface area contributed by atoms with Crippen molar-refractivity contribution in [1.82, 2.24) is 0 Å². The molecule has 1 heterocycles. The number of nitrogens with one attached hydrogen (secondary N) is 1. The van der Waals surface area contributed by atoms with Crippen LogP contribution in [-0.4, -0.2) is 33.3 Å². The SMILES string of the molecule is C[C@@H]1CCC[NH+]([C@@H](C)CS(=O)(=O)c2ccc3ccccc3c2)C1. The summed E-state index contributed by atoms with van der Waals surface area (Å²) in [7, 11) is -3.24. The molecule has 1 unspecified atom stereocenters. The van der Waals surface area contributed by atoms with Gasteiger partial charge in [0.25, 0.3) is 0 Å². The summed E-state index contributed by atoms with van der Waals surface area (Å²) in [6.07, 6.45) is 2.48. The number of hydrogen-bond donors (Lipinski definition) is 1. The van der Waals surface area contributed by atoms with Gasteiger partial charge in [-0.25, -0.2) is 8.42 Å². The van der Waals surface area contributed by atoms with Crippen LogP contribution in [0, 0.1) is 5.92 Å². The Morgan fingerprint density at radius 3 is 2.65 bits per heavy atom. The van der Waals surface area contributed by atoms with Crippen molar-refractivity contribution in [3.8, 4) is 0 Å². The quantitative estimate of drug-likeness (QED) is 0.933. The van der Waals surface area contributed by atoms with Crippen LogP contribution in [0.15, 0.2) is 47.4 Å². The van der Waals surface area contributed by atoms with E-state index in [4.69, 9.17) is 0 Å². The maximum absolute atomic E-state index is 12.8. The second kappa shape index (κ2) is 6.62. The molecule has 0 aromatic heterocycles. The van der Waals surface area contributed by atoms with Gasteiger partial charge in [0.15, 0.2) is 9.84 Å². The van der Waals surface area contributed by atoms with E-state index in [1.165, 1.54) is 17.7 Å². The predicted molar refractivity (Wildman–Crippen MR) is 94.6 cm³/mol. The molecular weight excluding hydrogens is 306 g/mol. The van der Waals surface area contributed by atoms with Gasteiger partial charge in [0, 0.05) is 5.92 Å². The smallest absolute Gasteiger partial charge is 0.184 e. The first-order valence-electron chi connectivity index (χ1n) is 8.52. The normalized spacial score (nSPS) is 23.7. The predicted octanol–water partition coefficient (Wildman–Crippen LogP) is 2.32. The lowest BCUT2D eigenvalue weighted by Gasteiger charge is -2.32. The van der Waals surface area contributed by atoms with Crippen LogP contribution in [-0.2, 0) is 9.84 Å². The number of benzene rings is 2. The van der Waals surface area contributed by atoms with Gasteiger partial charge in [-0.2, -0.15) is 0 Å². The number of piperidine rings is 1. The van der Waals surface area contributed by atoms with Crippen molar-refractivity contribution in [3.05, 3.63) is 42.5 Å². The monoisotopic (exact) mass is 332 g/mol. The summed E-state index contributed by atoms with van der Waals surface area (Å²) in [5.74, 6) is 0.928. The molecular formula is C19H26NO2S+. The van der Waals surface area contributed by atoms with Gasteiger partial charge >= 0.3 is 0 Å². The van der Waals surface area contributed by atoms with Crippen molar-refractivity contribution >= 4 is 20.6 Å². The van der Waals surface area contributed by atoms with Gasteiger partial charge in [-0.1, -0.05) is 37.3 Å². The van der Waals surface area contributed by atoms with E-state index >= 15 is 0 Å². The Morgan fingerprint density at radius 1 is 1.17 bits per heavy atom. The number of fused-ring (bicyclic) bond motifs is 1. The van der Waals surface area contributed by atoms with Gasteiger partial charge in [-0.05, 0) is 42.7 Å². The van der Waals surface area contributed by atoms with Crippen LogP contribution in [0.3, 0.4) is 0 Å². The van der Waals surface area contributed by atoms with Gasteiger partial charge in [0.05, 0.1) is 24.0 Å². The fourth-order valence-corrected chi connectivity index (χ4v) is 5.35. The Labute approximate surface area is 139 Å². The van der Waals surface area contributed by atoms with E-state index in [1.54, 1.807) is 6.07 Å². The van der Waals surface area contributed by atoms with Crippen LogP contribution in [0.1, 0.15) is 26.7 Å². The van der Waals surface area contributed by atoms with Crippen LogP contribution in [0.5, 0.6) is 0 Å². The molecule has 124 valence electrons. The Kier molecular flexibility index (Phi) is 4.74. The number of quaternary nitrogens is 1. The Balaban J connectivity index is 1.79. The molecule has 1 N–H and O–H groups in total. The molecule has 1 aliphatic heterocycles. The van der Waals surface area contributed by atoms with Gasteiger partial charge in [0.2, 0.25) is 0 Å². The Hall–Kier alpha value is -1.39. The summed E-state index contributed by atoms with van der Waals surface area (Å²) in [5, 5.41) is 2.06. The average Bonchev–Trinajstić information content (AvgIpc) is 2.54. The first-order valence-corrected chi connectivity index (χ1v) is 10.2. The molecule has 4 heteroatoms. The minimum absolute atomic E-state index is 0.147. The van der Waals surface area contributed by atoms with Gasteiger partial charge in [-0.15, -0.1) is 0 Å². The number of rotatable bonds is 4. The molecule has 0 bridgehead atoms. The molecule has 3 nitrogen and oxygen atoms in total. The van der Waals surface area contributed by atoms with Crippen molar-refractivity contribution in [2.24, 2.45) is 5.92 Å². The molecule has 3 atom stereocenters. The van der Waals surface area contributed by atoms with Crippen LogP contribution in [0.25, 0.3) is 10.8 Å². The highest BCUT2D eigenvalue weighted by Crippen LogP contribution is 2.20. The third kappa shape index (κ3) is 3.75. The molecule has 1 aliphatic rings. The minimum Gasteiger partial charge on any atom is -0.332 e. The van der Waals surface area contributed by atoms with Gasteiger partial charge < -0.3 is 4.90 Å². The maximum atomic E-state index is 12.8. The lowest BCUT2D eigenvalue weighted by molar-refractivity contribution is -0.928. The summed E-state index contributed by atoms with van der Waals surface area (Å²) >= 11 is 0. The molecule has 0 amide bonds. The zero-order chi connectivity index (χ0) is 16.4. The minimum atomic E-state index is -3.24. The van der Waals surface area contributed by atoms with Crippen LogP contribution in [0.2, 0.25) is 0 Å². The zero-order valence-corrected chi connectivity index (χ0v) is 14.8. The lowest BCUT2D eigenvalue weighted by Crippen LogP contribution is -3.17. The molecule has 23 heavy (non-hydrogen) atoms. The molecule has 0 radical (unpaired) electrons. The fourth-order valence-electron chi connectivity index (χ4n) is 3.68. The standard InChI is InChI=1S/C19H25NO2S/c1-15-6-5-11-20(13-15)16(2)14-23(21,22)19-10-9-17-7-3-4-8-18(17)12-19/h3-4,7-10,12,15-16H,5-6,11,13-14H2,1-2H3/p+1/t15-,16+/m1/s1. The van der Waals surface area contributed by atoms with Crippen molar-refractivity contribution in [1.29, 1.82) is 0 Å². The first-order chi connectivity index (χ1) is 11.0. The number of hydrogen-bond acceptors (Lipinski definition) is 2. The van der Waals surface area contributed by atoms with Crippen molar-refractivity contribution < 1.29 is 13.3 Å². The molecule has 2 aromatic carbocycles. The van der Waals surface area contributed by atoms with Crippen molar-refractivity contribution in [3.63, 3.8) is 0 Å². The number of sulfone groups is 1. The summed E-state index contributed by atoms with van der Waals surface area (Å²) in [6, 6.07) is 13.5. The zero-order valence-electron chi connectivity index (χ0n) is 14.0. The van der Waals surface area contributed by atoms with Crippen LogP contribution in [0.4, 0.5) is 0 Å². The lowest BCUT2D eigenvalue weighted by atomic mass is 9.99. The molecule has 1 fully saturated rings. The third-order valence-electron chi connectivity index (χ3n) is 5.05. The second-order valence-corrected chi connectivity index (χ2v) is 9.09. The topological polar surface area (TPSA) is 38.6 Å². The largest absolute Gasteiger partial charge is 0.332 e. The van der Waals surface area contributed by atoms with Crippen LogP contribution >= 0.6 is 0 Å². The Bertz CT molecular complexity index is 785. The van der Waals surface area contributed by atoms with E-state index in [-0.39, 0.29) is 11.8 Å². The fraction of sp³-hybridized carbons (Fsp3) is 0.474. The molecule has 0 spiro atoms. The van der Waals surface area contributed by atoms with Crippen LogP contribution < -0.4 is 4.90 Å². The average molecular weight is 332 g/mol. The summed E-state index contributed by atoms with van der Waals surface area (Å²) in [4.78, 5) is 1.89. The summed E-state index contributed by atoms with van der Waals surface area (Å²) in [5.41, 5.74) is 0. The molecule has 1 saturated heterocycles. The van der Waals surface area contributed by atoms with E-state index < -0.39 is 9.84 Å². The molecule has 0 aliphatic carbocycles. The highest BCUT2D eigenvalue weighted by Gasteiger charge is 2.29. The maximum Gasteiger partial charge on any atom is 0.184 e. The van der Waals surface area contributed by atoms with E-state index in [9.17, 15) is 8.42 Å². The van der Waals surface area contributed by atoms with E-state index in [1.807, 2.05) is 36.4 Å². The summed E-state index contributed by atoms with van der Waals surface area (Å²) < 4.78 is 25.6. The van der Waals surface area contributed by atoms with Crippen molar-refractivity contribution in [2.45, 2.75) is 37.6 Å². The highest BCUT2D eigenvalue weighted by atomic mass is 32.2. The molecule has 2 aromatic rings. The van der Waals surface area contributed by atoms with E-state index in [2.05, 4.69) is 13.8 Å². The third-order valence-corrected chi connectivity index (χ3v) is 6.96. The van der Waals surface area contributed by atoms with Gasteiger partial charge in [-0.3, -0.25) is 0 Å².